The number of hydrogen-bond donors (Lipinski definition) is 1. The second kappa shape index (κ2) is 4.36. The lowest BCUT2D eigenvalue weighted by Gasteiger charge is -2.32. The summed E-state index contributed by atoms with van der Waals surface area (Å²) in [5.74, 6) is 0.849. The van der Waals surface area contributed by atoms with Crippen molar-refractivity contribution in [2.24, 2.45) is 5.92 Å². The molecular formula is C15H18N2. The van der Waals surface area contributed by atoms with E-state index in [-0.39, 0.29) is 0 Å². The standard InChI is InChI=1S/C15H18N2/c1-11(12-5-4-6-12)17-15-9-10-16-14-8-3-2-7-13(14)15/h2-3,7-12H,4-6H2,1H3,(H,16,17). The molecule has 1 atom stereocenters. The van der Waals surface area contributed by atoms with E-state index in [1.807, 2.05) is 12.3 Å². The van der Waals surface area contributed by atoms with Gasteiger partial charge in [-0.2, -0.15) is 0 Å². The van der Waals surface area contributed by atoms with Gasteiger partial charge in [-0.05, 0) is 37.8 Å². The van der Waals surface area contributed by atoms with Crippen LogP contribution in [0.4, 0.5) is 5.69 Å². The molecule has 1 aliphatic rings. The van der Waals surface area contributed by atoms with Crippen molar-refractivity contribution < 1.29 is 0 Å². The molecule has 1 N–H and O–H groups in total. The molecule has 1 heterocycles. The maximum Gasteiger partial charge on any atom is 0.0722 e. The van der Waals surface area contributed by atoms with Crippen LogP contribution in [0.1, 0.15) is 26.2 Å². The van der Waals surface area contributed by atoms with E-state index in [9.17, 15) is 0 Å². The van der Waals surface area contributed by atoms with Crippen LogP contribution in [-0.4, -0.2) is 11.0 Å². The molecule has 1 fully saturated rings. The van der Waals surface area contributed by atoms with Gasteiger partial charge in [-0.1, -0.05) is 24.6 Å². The van der Waals surface area contributed by atoms with Gasteiger partial charge in [0.15, 0.2) is 0 Å². The van der Waals surface area contributed by atoms with Crippen LogP contribution in [0.2, 0.25) is 0 Å². The van der Waals surface area contributed by atoms with E-state index < -0.39 is 0 Å². The van der Waals surface area contributed by atoms with Crippen molar-refractivity contribution in [1.82, 2.24) is 4.98 Å². The molecule has 1 aromatic heterocycles. The van der Waals surface area contributed by atoms with Gasteiger partial charge in [-0.25, -0.2) is 0 Å². The third kappa shape index (κ3) is 1.99. The summed E-state index contributed by atoms with van der Waals surface area (Å²) in [5, 5.41) is 4.87. The van der Waals surface area contributed by atoms with E-state index in [1.165, 1.54) is 30.3 Å². The van der Waals surface area contributed by atoms with E-state index in [0.29, 0.717) is 6.04 Å². The van der Waals surface area contributed by atoms with Crippen molar-refractivity contribution >= 4 is 16.6 Å². The molecule has 0 radical (unpaired) electrons. The summed E-state index contributed by atoms with van der Waals surface area (Å²) in [4.78, 5) is 4.39. The van der Waals surface area contributed by atoms with E-state index in [1.54, 1.807) is 0 Å². The number of rotatable bonds is 3. The highest BCUT2D eigenvalue weighted by molar-refractivity contribution is 5.90. The van der Waals surface area contributed by atoms with Gasteiger partial charge >= 0.3 is 0 Å². The second-order valence-corrected chi connectivity index (χ2v) is 5.00. The molecule has 1 saturated carbocycles. The molecule has 0 spiro atoms. The third-order valence-corrected chi connectivity index (χ3v) is 3.89. The largest absolute Gasteiger partial charge is 0.382 e. The Morgan fingerprint density at radius 3 is 2.82 bits per heavy atom. The fourth-order valence-corrected chi connectivity index (χ4v) is 2.52. The zero-order valence-corrected chi connectivity index (χ0v) is 10.2. The summed E-state index contributed by atoms with van der Waals surface area (Å²) in [7, 11) is 0. The Labute approximate surface area is 102 Å². The van der Waals surface area contributed by atoms with Gasteiger partial charge in [0.2, 0.25) is 0 Å². The Balaban J connectivity index is 1.89. The average Bonchev–Trinajstić information content (AvgIpc) is 2.27. The Hall–Kier alpha value is -1.57. The first-order chi connectivity index (χ1) is 8.34. The zero-order chi connectivity index (χ0) is 11.7. The highest BCUT2D eigenvalue weighted by Crippen LogP contribution is 2.32. The summed E-state index contributed by atoms with van der Waals surface area (Å²) in [5.41, 5.74) is 2.29. The highest BCUT2D eigenvalue weighted by atomic mass is 14.9. The number of fused-ring (bicyclic) bond motifs is 1. The SMILES string of the molecule is CC(Nc1ccnc2ccccc12)C1CCC1. The van der Waals surface area contributed by atoms with Crippen molar-refractivity contribution in [3.8, 4) is 0 Å². The fourth-order valence-electron chi connectivity index (χ4n) is 2.52. The molecule has 2 aromatic rings. The van der Waals surface area contributed by atoms with Gasteiger partial charge in [0.05, 0.1) is 5.52 Å². The normalized spacial score (nSPS) is 17.7. The lowest BCUT2D eigenvalue weighted by molar-refractivity contribution is 0.285. The fraction of sp³-hybridized carbons (Fsp3) is 0.400. The topological polar surface area (TPSA) is 24.9 Å². The molecule has 0 amide bonds. The van der Waals surface area contributed by atoms with Gasteiger partial charge in [-0.15, -0.1) is 0 Å². The van der Waals surface area contributed by atoms with Crippen LogP contribution in [0, 0.1) is 5.92 Å². The molecule has 0 bridgehead atoms. The molecular weight excluding hydrogens is 208 g/mol. The number of para-hydroxylation sites is 1. The van der Waals surface area contributed by atoms with Crippen molar-refractivity contribution in [3.63, 3.8) is 0 Å². The maximum atomic E-state index is 4.39. The highest BCUT2D eigenvalue weighted by Gasteiger charge is 2.23. The van der Waals surface area contributed by atoms with Gasteiger partial charge in [0.1, 0.15) is 0 Å². The van der Waals surface area contributed by atoms with Crippen LogP contribution in [-0.2, 0) is 0 Å². The van der Waals surface area contributed by atoms with E-state index in [0.717, 1.165) is 11.4 Å². The number of nitrogens with zero attached hydrogens (tertiary/aromatic N) is 1. The lowest BCUT2D eigenvalue weighted by atomic mass is 9.80. The van der Waals surface area contributed by atoms with Crippen molar-refractivity contribution in [2.45, 2.75) is 32.2 Å². The number of nitrogens with one attached hydrogen (secondary N) is 1. The lowest BCUT2D eigenvalue weighted by Crippen LogP contribution is -2.30. The minimum absolute atomic E-state index is 0.564. The molecule has 88 valence electrons. The monoisotopic (exact) mass is 226 g/mol. The number of aromatic nitrogens is 1. The zero-order valence-electron chi connectivity index (χ0n) is 10.2. The molecule has 0 saturated heterocycles. The van der Waals surface area contributed by atoms with Crippen LogP contribution in [0.25, 0.3) is 10.9 Å². The predicted molar refractivity (Wildman–Crippen MR) is 72.2 cm³/mol. The molecule has 17 heavy (non-hydrogen) atoms. The Bertz CT molecular complexity index is 512. The van der Waals surface area contributed by atoms with Crippen LogP contribution in [0.3, 0.4) is 0 Å². The van der Waals surface area contributed by atoms with Gasteiger partial charge in [0.25, 0.3) is 0 Å². The predicted octanol–water partition coefficient (Wildman–Crippen LogP) is 3.84. The van der Waals surface area contributed by atoms with E-state index in [4.69, 9.17) is 0 Å². The first-order valence-corrected chi connectivity index (χ1v) is 6.45. The molecule has 1 unspecified atom stereocenters. The van der Waals surface area contributed by atoms with Gasteiger partial charge in [0, 0.05) is 23.3 Å². The first-order valence-electron chi connectivity index (χ1n) is 6.45. The van der Waals surface area contributed by atoms with Crippen LogP contribution < -0.4 is 5.32 Å². The molecule has 2 heteroatoms. The van der Waals surface area contributed by atoms with Crippen LogP contribution in [0.5, 0.6) is 0 Å². The molecule has 2 nitrogen and oxygen atoms in total. The summed E-state index contributed by atoms with van der Waals surface area (Å²) < 4.78 is 0. The van der Waals surface area contributed by atoms with Crippen LogP contribution in [0.15, 0.2) is 36.5 Å². The summed E-state index contributed by atoms with van der Waals surface area (Å²) in [6.45, 7) is 2.29. The first kappa shape index (κ1) is 10.6. The third-order valence-electron chi connectivity index (χ3n) is 3.89. The van der Waals surface area contributed by atoms with E-state index in [2.05, 4.69) is 41.5 Å². The number of benzene rings is 1. The Morgan fingerprint density at radius 1 is 1.24 bits per heavy atom. The molecule has 1 aromatic carbocycles. The minimum atomic E-state index is 0.564. The van der Waals surface area contributed by atoms with E-state index >= 15 is 0 Å². The van der Waals surface area contributed by atoms with Crippen LogP contribution >= 0.6 is 0 Å². The molecule has 1 aliphatic carbocycles. The summed E-state index contributed by atoms with van der Waals surface area (Å²) >= 11 is 0. The number of hydrogen-bond acceptors (Lipinski definition) is 2. The Morgan fingerprint density at radius 2 is 2.06 bits per heavy atom. The summed E-state index contributed by atoms with van der Waals surface area (Å²) in [6, 6.07) is 11.0. The van der Waals surface area contributed by atoms with Crippen molar-refractivity contribution in [3.05, 3.63) is 36.5 Å². The second-order valence-electron chi connectivity index (χ2n) is 5.00. The van der Waals surface area contributed by atoms with Gasteiger partial charge in [-0.3, -0.25) is 4.98 Å². The smallest absolute Gasteiger partial charge is 0.0722 e. The molecule has 0 aliphatic heterocycles. The minimum Gasteiger partial charge on any atom is -0.382 e. The quantitative estimate of drug-likeness (QED) is 0.860. The van der Waals surface area contributed by atoms with Crippen molar-refractivity contribution in [2.75, 3.05) is 5.32 Å². The maximum absolute atomic E-state index is 4.39. The molecule has 3 rings (SSSR count). The Kier molecular flexibility index (Phi) is 2.71. The number of pyridine rings is 1. The van der Waals surface area contributed by atoms with Gasteiger partial charge < -0.3 is 5.32 Å². The number of anilines is 1. The van der Waals surface area contributed by atoms with Crippen molar-refractivity contribution in [1.29, 1.82) is 0 Å². The summed E-state index contributed by atoms with van der Waals surface area (Å²) in [6.07, 6.45) is 6.03. The average molecular weight is 226 g/mol.